The van der Waals surface area contributed by atoms with Gasteiger partial charge in [0.25, 0.3) is 5.91 Å². The molecule has 0 aliphatic heterocycles. The van der Waals surface area contributed by atoms with Gasteiger partial charge in [-0.25, -0.2) is 0 Å². The molecule has 0 saturated heterocycles. The zero-order chi connectivity index (χ0) is 20.4. The SMILES string of the molecule is CC(=O)Nc1ccc(C(=O)Nc2ccc(-c3ccc4nnc(C)n4n3)cc2)cc1. The molecule has 0 aliphatic carbocycles. The van der Waals surface area contributed by atoms with E-state index in [4.69, 9.17) is 0 Å². The van der Waals surface area contributed by atoms with Gasteiger partial charge in [-0.05, 0) is 55.5 Å². The van der Waals surface area contributed by atoms with Crippen molar-refractivity contribution in [3.8, 4) is 11.3 Å². The van der Waals surface area contributed by atoms with Crippen LogP contribution >= 0.6 is 0 Å². The Bertz CT molecular complexity index is 1200. The normalized spacial score (nSPS) is 10.7. The highest BCUT2D eigenvalue weighted by Gasteiger charge is 2.08. The van der Waals surface area contributed by atoms with Crippen LogP contribution in [-0.2, 0) is 4.79 Å². The first kappa shape index (κ1) is 18.3. The number of nitrogens with one attached hydrogen (secondary N) is 2. The van der Waals surface area contributed by atoms with Gasteiger partial charge < -0.3 is 10.6 Å². The molecule has 8 nitrogen and oxygen atoms in total. The van der Waals surface area contributed by atoms with Gasteiger partial charge in [0, 0.05) is 29.4 Å². The van der Waals surface area contributed by atoms with Crippen LogP contribution in [0.1, 0.15) is 23.1 Å². The van der Waals surface area contributed by atoms with E-state index in [-0.39, 0.29) is 11.8 Å². The van der Waals surface area contributed by atoms with Crippen LogP contribution in [0.2, 0.25) is 0 Å². The van der Waals surface area contributed by atoms with E-state index in [0.29, 0.717) is 22.6 Å². The molecule has 0 fully saturated rings. The van der Waals surface area contributed by atoms with Crippen molar-refractivity contribution in [2.75, 3.05) is 10.6 Å². The fraction of sp³-hybridized carbons (Fsp3) is 0.0952. The first-order valence-corrected chi connectivity index (χ1v) is 8.98. The van der Waals surface area contributed by atoms with Crippen molar-refractivity contribution in [2.45, 2.75) is 13.8 Å². The Morgan fingerprint density at radius 3 is 2.17 bits per heavy atom. The lowest BCUT2D eigenvalue weighted by molar-refractivity contribution is -0.114. The van der Waals surface area contributed by atoms with Gasteiger partial charge in [0.15, 0.2) is 11.5 Å². The molecule has 0 atom stereocenters. The average Bonchev–Trinajstić information content (AvgIpc) is 3.09. The third kappa shape index (κ3) is 3.96. The van der Waals surface area contributed by atoms with Crippen molar-refractivity contribution in [1.29, 1.82) is 0 Å². The van der Waals surface area contributed by atoms with Crippen LogP contribution in [0.25, 0.3) is 16.9 Å². The van der Waals surface area contributed by atoms with Gasteiger partial charge in [0.2, 0.25) is 5.91 Å². The van der Waals surface area contributed by atoms with Crippen LogP contribution in [0.5, 0.6) is 0 Å². The number of carbonyl (C=O) groups is 2. The third-order valence-corrected chi connectivity index (χ3v) is 4.32. The molecule has 2 amide bonds. The number of benzene rings is 2. The van der Waals surface area contributed by atoms with Gasteiger partial charge in [-0.3, -0.25) is 9.59 Å². The summed E-state index contributed by atoms with van der Waals surface area (Å²) in [6.45, 7) is 3.28. The largest absolute Gasteiger partial charge is 0.326 e. The lowest BCUT2D eigenvalue weighted by atomic mass is 10.1. The van der Waals surface area contributed by atoms with Gasteiger partial charge in [0.05, 0.1) is 5.69 Å². The highest BCUT2D eigenvalue weighted by molar-refractivity contribution is 6.04. The zero-order valence-electron chi connectivity index (χ0n) is 15.9. The van der Waals surface area contributed by atoms with Crippen molar-refractivity contribution in [1.82, 2.24) is 19.8 Å². The molecule has 0 aliphatic rings. The second kappa shape index (κ2) is 7.51. The minimum atomic E-state index is -0.230. The summed E-state index contributed by atoms with van der Waals surface area (Å²) in [7, 11) is 0. The maximum absolute atomic E-state index is 12.4. The molecule has 8 heteroatoms. The van der Waals surface area contributed by atoms with E-state index in [1.54, 1.807) is 28.8 Å². The number of carbonyl (C=O) groups excluding carboxylic acids is 2. The summed E-state index contributed by atoms with van der Waals surface area (Å²) >= 11 is 0. The first-order chi connectivity index (χ1) is 14.0. The van der Waals surface area contributed by atoms with E-state index in [0.717, 1.165) is 17.1 Å². The quantitative estimate of drug-likeness (QED) is 0.560. The predicted octanol–water partition coefficient (Wildman–Crippen LogP) is 3.31. The third-order valence-electron chi connectivity index (χ3n) is 4.32. The van der Waals surface area contributed by atoms with E-state index in [2.05, 4.69) is 25.9 Å². The maximum Gasteiger partial charge on any atom is 0.255 e. The minimum absolute atomic E-state index is 0.157. The van der Waals surface area contributed by atoms with Crippen molar-refractivity contribution >= 4 is 28.8 Å². The molecule has 0 unspecified atom stereocenters. The number of rotatable bonds is 4. The van der Waals surface area contributed by atoms with E-state index in [1.165, 1.54) is 6.92 Å². The monoisotopic (exact) mass is 386 g/mol. The second-order valence-corrected chi connectivity index (χ2v) is 6.53. The van der Waals surface area contributed by atoms with Gasteiger partial charge in [-0.15, -0.1) is 10.2 Å². The highest BCUT2D eigenvalue weighted by Crippen LogP contribution is 2.20. The molecule has 0 radical (unpaired) electrons. The van der Waals surface area contributed by atoms with Crippen molar-refractivity contribution in [2.24, 2.45) is 0 Å². The molecule has 0 bridgehead atoms. The van der Waals surface area contributed by atoms with E-state index in [9.17, 15) is 9.59 Å². The number of hydrogen-bond donors (Lipinski definition) is 2. The Hall–Kier alpha value is -4.07. The minimum Gasteiger partial charge on any atom is -0.326 e. The van der Waals surface area contributed by atoms with E-state index >= 15 is 0 Å². The van der Waals surface area contributed by atoms with Crippen LogP contribution < -0.4 is 10.6 Å². The van der Waals surface area contributed by atoms with E-state index in [1.807, 2.05) is 43.3 Å². The molecule has 4 aromatic rings. The average molecular weight is 386 g/mol. The summed E-state index contributed by atoms with van der Waals surface area (Å²) in [4.78, 5) is 23.5. The summed E-state index contributed by atoms with van der Waals surface area (Å²) in [5, 5.41) is 18.1. The van der Waals surface area contributed by atoms with Crippen LogP contribution in [0.15, 0.2) is 60.7 Å². The summed E-state index contributed by atoms with van der Waals surface area (Å²) in [5.41, 5.74) is 4.21. The fourth-order valence-corrected chi connectivity index (χ4v) is 2.89. The van der Waals surface area contributed by atoms with Gasteiger partial charge in [-0.2, -0.15) is 9.61 Å². The second-order valence-electron chi connectivity index (χ2n) is 6.53. The highest BCUT2D eigenvalue weighted by atomic mass is 16.2. The molecular weight excluding hydrogens is 368 g/mol. The van der Waals surface area contributed by atoms with Crippen molar-refractivity contribution in [3.63, 3.8) is 0 Å². The molecule has 0 spiro atoms. The topological polar surface area (TPSA) is 101 Å². The molecule has 2 aromatic heterocycles. The Kier molecular flexibility index (Phi) is 4.74. The maximum atomic E-state index is 12.4. The van der Waals surface area contributed by atoms with Gasteiger partial charge in [-0.1, -0.05) is 12.1 Å². The first-order valence-electron chi connectivity index (χ1n) is 8.98. The summed E-state index contributed by atoms with van der Waals surface area (Å²) in [5.74, 6) is 0.331. The van der Waals surface area contributed by atoms with Crippen LogP contribution in [-0.4, -0.2) is 31.6 Å². The van der Waals surface area contributed by atoms with Gasteiger partial charge in [0.1, 0.15) is 0 Å². The standard InChI is InChI=1S/C21H18N6O2/c1-13-24-25-20-12-11-19(26-27(13)20)15-3-7-18(8-4-15)23-21(29)16-5-9-17(10-6-16)22-14(2)28/h3-12H,1-2H3,(H,22,28)(H,23,29). The molecular formula is C21H18N6O2. The molecule has 2 aromatic carbocycles. The molecule has 4 rings (SSSR count). The summed E-state index contributed by atoms with van der Waals surface area (Å²) in [6.07, 6.45) is 0. The van der Waals surface area contributed by atoms with Crippen LogP contribution in [0, 0.1) is 6.92 Å². The number of hydrogen-bond acceptors (Lipinski definition) is 5. The Morgan fingerprint density at radius 2 is 1.48 bits per heavy atom. The number of aryl methyl sites for hydroxylation is 1. The lowest BCUT2D eigenvalue weighted by Crippen LogP contribution is -2.12. The zero-order valence-corrected chi connectivity index (χ0v) is 15.9. The summed E-state index contributed by atoms with van der Waals surface area (Å²) in [6, 6.07) is 17.9. The number of aromatic nitrogens is 4. The molecule has 2 N–H and O–H groups in total. The lowest BCUT2D eigenvalue weighted by Gasteiger charge is -2.08. The Labute approximate surface area is 166 Å². The number of amides is 2. The fourth-order valence-electron chi connectivity index (χ4n) is 2.89. The van der Waals surface area contributed by atoms with Crippen LogP contribution in [0.4, 0.5) is 11.4 Å². The van der Waals surface area contributed by atoms with Crippen molar-refractivity contribution < 1.29 is 9.59 Å². The Morgan fingerprint density at radius 1 is 0.828 bits per heavy atom. The molecule has 144 valence electrons. The number of nitrogens with zero attached hydrogens (tertiary/aromatic N) is 4. The Balaban J connectivity index is 1.48. The van der Waals surface area contributed by atoms with Gasteiger partial charge >= 0.3 is 0 Å². The van der Waals surface area contributed by atoms with Crippen LogP contribution in [0.3, 0.4) is 0 Å². The van der Waals surface area contributed by atoms with Crippen molar-refractivity contribution in [3.05, 3.63) is 72.1 Å². The molecule has 0 saturated carbocycles. The van der Waals surface area contributed by atoms with E-state index < -0.39 is 0 Å². The number of fused-ring (bicyclic) bond motifs is 1. The molecule has 2 heterocycles. The summed E-state index contributed by atoms with van der Waals surface area (Å²) < 4.78 is 1.69. The number of anilines is 2. The predicted molar refractivity (Wildman–Crippen MR) is 110 cm³/mol. The molecule has 29 heavy (non-hydrogen) atoms. The smallest absolute Gasteiger partial charge is 0.255 e.